The van der Waals surface area contributed by atoms with Gasteiger partial charge in [0.25, 0.3) is 5.91 Å². The smallest absolute Gasteiger partial charge is 0.250 e. The molecule has 1 fully saturated rings. The van der Waals surface area contributed by atoms with Gasteiger partial charge in [0.05, 0.1) is 0 Å². The lowest BCUT2D eigenvalue weighted by atomic mass is 9.86. The molecule has 4 amide bonds. The molecule has 1 saturated heterocycles. The molecule has 0 spiro atoms. The Balaban J connectivity index is 1.74. The van der Waals surface area contributed by atoms with Gasteiger partial charge in [-0.2, -0.15) is 0 Å². The van der Waals surface area contributed by atoms with Crippen LogP contribution < -0.4 is 15.5 Å². The Kier molecular flexibility index (Phi) is 6.44. The third-order valence-electron chi connectivity index (χ3n) is 6.29. The van der Waals surface area contributed by atoms with E-state index in [-0.39, 0.29) is 42.5 Å². The summed E-state index contributed by atoms with van der Waals surface area (Å²) < 4.78 is 0. The second-order valence-corrected chi connectivity index (χ2v) is 8.71. The Labute approximate surface area is 192 Å². The normalized spacial score (nSPS) is 22.2. The molecule has 0 bridgehead atoms. The number of likely N-dealkylation sites (N-methyl/N-ethyl adjacent to an activating group) is 1. The first-order valence-electron chi connectivity index (χ1n) is 11.1. The SMILES string of the molecule is CN(C)C(=O)CN1C(=O)[C@H](NC(=O)[C@@H]2CCC(=O)N2)[C@@H](c2ccccc2)Cc2ccccc21. The van der Waals surface area contributed by atoms with Crippen molar-refractivity contribution in [1.82, 2.24) is 15.5 Å². The molecular formula is C25H28N4O4. The molecule has 0 saturated carbocycles. The lowest BCUT2D eigenvalue weighted by Crippen LogP contribution is -2.55. The highest BCUT2D eigenvalue weighted by Crippen LogP contribution is 2.35. The number of benzene rings is 2. The van der Waals surface area contributed by atoms with Crippen LogP contribution >= 0.6 is 0 Å². The highest BCUT2D eigenvalue weighted by Gasteiger charge is 2.41. The van der Waals surface area contributed by atoms with E-state index in [1.165, 1.54) is 9.80 Å². The summed E-state index contributed by atoms with van der Waals surface area (Å²) in [6.45, 7) is -0.128. The molecule has 172 valence electrons. The maximum atomic E-state index is 13.9. The third-order valence-corrected chi connectivity index (χ3v) is 6.29. The van der Waals surface area contributed by atoms with E-state index < -0.39 is 12.1 Å². The second-order valence-electron chi connectivity index (χ2n) is 8.71. The zero-order valence-corrected chi connectivity index (χ0v) is 18.8. The molecular weight excluding hydrogens is 420 g/mol. The number of anilines is 1. The number of carbonyl (C=O) groups is 4. The van der Waals surface area contributed by atoms with Gasteiger partial charge in [-0.05, 0) is 30.0 Å². The van der Waals surface area contributed by atoms with E-state index in [9.17, 15) is 19.2 Å². The van der Waals surface area contributed by atoms with Gasteiger partial charge >= 0.3 is 0 Å². The topological polar surface area (TPSA) is 98.8 Å². The first-order chi connectivity index (χ1) is 15.8. The summed E-state index contributed by atoms with van der Waals surface area (Å²) in [4.78, 5) is 54.1. The number of nitrogens with zero attached hydrogens (tertiary/aromatic N) is 2. The molecule has 0 radical (unpaired) electrons. The summed E-state index contributed by atoms with van der Waals surface area (Å²) in [5, 5.41) is 5.58. The van der Waals surface area contributed by atoms with Crippen LogP contribution in [0.2, 0.25) is 0 Å². The minimum atomic E-state index is -0.889. The molecule has 3 atom stereocenters. The quantitative estimate of drug-likeness (QED) is 0.718. The molecule has 0 aliphatic carbocycles. The van der Waals surface area contributed by atoms with Crippen molar-refractivity contribution in [3.63, 3.8) is 0 Å². The Morgan fingerprint density at radius 1 is 1.06 bits per heavy atom. The van der Waals surface area contributed by atoms with Gasteiger partial charge in [-0.15, -0.1) is 0 Å². The van der Waals surface area contributed by atoms with Crippen LogP contribution in [0.25, 0.3) is 0 Å². The predicted molar refractivity (Wildman–Crippen MR) is 123 cm³/mol. The second kappa shape index (κ2) is 9.44. The van der Waals surface area contributed by atoms with E-state index >= 15 is 0 Å². The molecule has 0 aromatic heterocycles. The highest BCUT2D eigenvalue weighted by molar-refractivity contribution is 6.05. The van der Waals surface area contributed by atoms with Gasteiger partial charge in [0.2, 0.25) is 17.7 Å². The zero-order chi connectivity index (χ0) is 23.5. The fourth-order valence-corrected chi connectivity index (χ4v) is 4.44. The van der Waals surface area contributed by atoms with E-state index in [4.69, 9.17) is 0 Å². The third kappa shape index (κ3) is 4.74. The molecule has 2 aromatic rings. The van der Waals surface area contributed by atoms with Crippen molar-refractivity contribution in [3.05, 3.63) is 65.7 Å². The van der Waals surface area contributed by atoms with E-state index in [2.05, 4.69) is 10.6 Å². The molecule has 0 unspecified atom stereocenters. The number of carbonyl (C=O) groups excluding carboxylic acids is 4. The van der Waals surface area contributed by atoms with Crippen LogP contribution in [0.1, 0.15) is 29.9 Å². The van der Waals surface area contributed by atoms with Gasteiger partial charge in [0, 0.05) is 32.1 Å². The van der Waals surface area contributed by atoms with Gasteiger partial charge in [0.1, 0.15) is 18.6 Å². The van der Waals surface area contributed by atoms with Crippen LogP contribution in [0.5, 0.6) is 0 Å². The number of rotatable bonds is 5. The summed E-state index contributed by atoms with van der Waals surface area (Å²) >= 11 is 0. The van der Waals surface area contributed by atoms with Crippen LogP contribution in [0.3, 0.4) is 0 Å². The highest BCUT2D eigenvalue weighted by atomic mass is 16.2. The van der Waals surface area contributed by atoms with Gasteiger partial charge in [-0.1, -0.05) is 48.5 Å². The summed E-state index contributed by atoms with van der Waals surface area (Å²) in [5.74, 6) is -1.45. The maximum absolute atomic E-state index is 13.9. The minimum absolute atomic E-state index is 0.128. The number of fused-ring (bicyclic) bond motifs is 1. The first kappa shape index (κ1) is 22.5. The van der Waals surface area contributed by atoms with Gasteiger partial charge in [0.15, 0.2) is 0 Å². The van der Waals surface area contributed by atoms with Crippen molar-refractivity contribution in [3.8, 4) is 0 Å². The van der Waals surface area contributed by atoms with E-state index in [1.807, 2.05) is 54.6 Å². The standard InChI is InChI=1S/C25H28N4O4/c1-28(2)22(31)15-29-20-11-7-6-10-17(20)14-18(16-8-4-3-5-9-16)23(25(29)33)27-24(32)19-12-13-21(30)26-19/h3-11,18-19,23H,12-15H2,1-2H3,(H,26,30)(H,27,32)/t18-,19+,23-/m1/s1. The number of hydrogen-bond donors (Lipinski definition) is 2. The molecule has 2 aliphatic heterocycles. The number of para-hydroxylation sites is 1. The molecule has 2 heterocycles. The molecule has 2 N–H and O–H groups in total. The van der Waals surface area contributed by atoms with Crippen LogP contribution in [-0.2, 0) is 25.6 Å². The molecule has 8 heteroatoms. The fourth-order valence-electron chi connectivity index (χ4n) is 4.44. The largest absolute Gasteiger partial charge is 0.347 e. The van der Waals surface area contributed by atoms with Crippen molar-refractivity contribution < 1.29 is 19.2 Å². The molecule has 33 heavy (non-hydrogen) atoms. The molecule has 2 aliphatic rings. The monoisotopic (exact) mass is 448 g/mol. The van der Waals surface area contributed by atoms with E-state index in [0.29, 0.717) is 18.5 Å². The van der Waals surface area contributed by atoms with Crippen LogP contribution in [-0.4, -0.2) is 61.3 Å². The van der Waals surface area contributed by atoms with Crippen molar-refractivity contribution in [1.29, 1.82) is 0 Å². The van der Waals surface area contributed by atoms with Crippen molar-refractivity contribution in [2.24, 2.45) is 0 Å². The van der Waals surface area contributed by atoms with Gasteiger partial charge in [-0.25, -0.2) is 0 Å². The van der Waals surface area contributed by atoms with E-state index in [1.54, 1.807) is 14.1 Å². The Hall–Kier alpha value is -3.68. The molecule has 2 aromatic carbocycles. The lowest BCUT2D eigenvalue weighted by molar-refractivity contribution is -0.131. The van der Waals surface area contributed by atoms with Crippen LogP contribution in [0.4, 0.5) is 5.69 Å². The van der Waals surface area contributed by atoms with E-state index in [0.717, 1.165) is 11.1 Å². The average molecular weight is 449 g/mol. The zero-order valence-electron chi connectivity index (χ0n) is 18.8. The summed E-state index contributed by atoms with van der Waals surface area (Å²) in [5.41, 5.74) is 2.52. The molecule has 4 rings (SSSR count). The number of amides is 4. The predicted octanol–water partition coefficient (Wildman–Crippen LogP) is 1.21. The van der Waals surface area contributed by atoms with Crippen molar-refractivity contribution >= 4 is 29.3 Å². The average Bonchev–Trinajstić information content (AvgIpc) is 3.22. The minimum Gasteiger partial charge on any atom is -0.347 e. The fraction of sp³-hybridized carbons (Fsp3) is 0.360. The summed E-state index contributed by atoms with van der Waals surface area (Å²) in [6, 6.07) is 15.6. The number of hydrogen-bond acceptors (Lipinski definition) is 4. The van der Waals surface area contributed by atoms with Crippen LogP contribution in [0, 0.1) is 0 Å². The van der Waals surface area contributed by atoms with Crippen molar-refractivity contribution in [2.75, 3.05) is 25.5 Å². The molecule has 8 nitrogen and oxygen atoms in total. The van der Waals surface area contributed by atoms with Gasteiger partial charge < -0.3 is 20.4 Å². The van der Waals surface area contributed by atoms with Crippen molar-refractivity contribution in [2.45, 2.75) is 37.3 Å². The summed E-state index contributed by atoms with van der Waals surface area (Å²) in [7, 11) is 3.29. The van der Waals surface area contributed by atoms with Gasteiger partial charge in [-0.3, -0.25) is 19.2 Å². The Morgan fingerprint density at radius 2 is 1.76 bits per heavy atom. The first-order valence-corrected chi connectivity index (χ1v) is 11.1. The lowest BCUT2D eigenvalue weighted by Gasteiger charge is -2.30. The maximum Gasteiger partial charge on any atom is 0.250 e. The summed E-state index contributed by atoms with van der Waals surface area (Å²) in [6.07, 6.45) is 1.19. The Morgan fingerprint density at radius 3 is 2.42 bits per heavy atom. The van der Waals surface area contributed by atoms with Crippen LogP contribution in [0.15, 0.2) is 54.6 Å². The Bertz CT molecular complexity index is 1070. The number of nitrogens with one attached hydrogen (secondary N) is 2.